The summed E-state index contributed by atoms with van der Waals surface area (Å²) in [7, 11) is 0. The Labute approximate surface area is 151 Å². The molecule has 1 aromatic carbocycles. The van der Waals surface area contributed by atoms with Crippen molar-refractivity contribution in [3.63, 3.8) is 0 Å². The van der Waals surface area contributed by atoms with E-state index < -0.39 is 0 Å². The molecule has 4 nitrogen and oxygen atoms in total. The van der Waals surface area contributed by atoms with Crippen LogP contribution in [-0.2, 0) is 17.9 Å². The lowest BCUT2D eigenvalue weighted by Crippen LogP contribution is -2.32. The Morgan fingerprint density at radius 1 is 1.46 bits per heavy atom. The molecule has 0 N–H and O–H groups in total. The lowest BCUT2D eigenvalue weighted by atomic mass is 10.3. The van der Waals surface area contributed by atoms with E-state index in [9.17, 15) is 4.79 Å². The maximum atomic E-state index is 12.3. The van der Waals surface area contributed by atoms with E-state index in [4.69, 9.17) is 16.3 Å². The van der Waals surface area contributed by atoms with Crippen molar-refractivity contribution in [2.45, 2.75) is 39.3 Å². The van der Waals surface area contributed by atoms with Crippen LogP contribution in [0, 0.1) is 5.92 Å². The molecular weight excluding hydrogens is 344 g/mol. The second-order valence-corrected chi connectivity index (χ2v) is 7.39. The highest BCUT2D eigenvalue weighted by Crippen LogP contribution is 2.31. The number of carbonyl (C=O) groups is 1. The van der Waals surface area contributed by atoms with Crippen LogP contribution in [0.25, 0.3) is 0 Å². The van der Waals surface area contributed by atoms with Crippen molar-refractivity contribution in [1.29, 1.82) is 0 Å². The summed E-state index contributed by atoms with van der Waals surface area (Å²) in [4.78, 5) is 18.9. The molecule has 1 saturated carbocycles. The minimum atomic E-state index is 0.251. The Kier molecular flexibility index (Phi) is 5.74. The summed E-state index contributed by atoms with van der Waals surface area (Å²) in [5.41, 5.74) is 0.937. The maximum Gasteiger partial charge on any atom is 0.226 e. The van der Waals surface area contributed by atoms with E-state index in [-0.39, 0.29) is 11.8 Å². The van der Waals surface area contributed by atoms with Gasteiger partial charge in [0.25, 0.3) is 0 Å². The first-order valence-corrected chi connectivity index (χ1v) is 9.52. The first-order chi connectivity index (χ1) is 11.7. The van der Waals surface area contributed by atoms with Gasteiger partial charge in [0.15, 0.2) is 0 Å². The minimum Gasteiger partial charge on any atom is -0.486 e. The minimum absolute atomic E-state index is 0.251. The SMILES string of the molecule is CCCN(Cc1csc(COc2cccc(Cl)c2)n1)C(=O)C1CC1. The molecular formula is C18H21ClN2O2S. The molecule has 0 atom stereocenters. The Balaban J connectivity index is 1.56. The van der Waals surface area contributed by atoms with Gasteiger partial charge in [-0.15, -0.1) is 11.3 Å². The number of benzene rings is 1. The summed E-state index contributed by atoms with van der Waals surface area (Å²) >= 11 is 7.51. The van der Waals surface area contributed by atoms with E-state index in [2.05, 4.69) is 11.9 Å². The highest BCUT2D eigenvalue weighted by atomic mass is 35.5. The number of amides is 1. The number of nitrogens with zero attached hydrogens (tertiary/aromatic N) is 2. The van der Waals surface area contributed by atoms with Crippen molar-refractivity contribution < 1.29 is 9.53 Å². The van der Waals surface area contributed by atoms with Crippen LogP contribution in [0.15, 0.2) is 29.6 Å². The summed E-state index contributed by atoms with van der Waals surface area (Å²) in [6, 6.07) is 7.33. The predicted octanol–water partition coefficient (Wildman–Crippen LogP) is 4.52. The largest absolute Gasteiger partial charge is 0.486 e. The standard InChI is InChI=1S/C18H21ClN2O2S/c1-2-8-21(18(22)13-6-7-13)10-15-12-24-17(20-15)11-23-16-5-3-4-14(19)9-16/h3-5,9,12-13H,2,6-8,10-11H2,1H3. The second-order valence-electron chi connectivity index (χ2n) is 6.01. The molecule has 6 heteroatoms. The number of hydrogen-bond donors (Lipinski definition) is 0. The topological polar surface area (TPSA) is 42.4 Å². The summed E-state index contributed by atoms with van der Waals surface area (Å²) in [6.07, 6.45) is 3.04. The van der Waals surface area contributed by atoms with Crippen molar-refractivity contribution in [1.82, 2.24) is 9.88 Å². The number of thiazole rings is 1. The molecule has 1 amide bonds. The summed E-state index contributed by atoms with van der Waals surface area (Å²) < 4.78 is 5.72. The molecule has 0 bridgehead atoms. The van der Waals surface area contributed by atoms with Gasteiger partial charge in [0.1, 0.15) is 17.4 Å². The molecule has 1 aliphatic rings. The van der Waals surface area contributed by atoms with Crippen LogP contribution < -0.4 is 4.74 Å². The lowest BCUT2D eigenvalue weighted by molar-refractivity contribution is -0.133. The fourth-order valence-electron chi connectivity index (χ4n) is 2.51. The fourth-order valence-corrected chi connectivity index (χ4v) is 3.39. The van der Waals surface area contributed by atoms with E-state index in [1.807, 2.05) is 28.5 Å². The number of halogens is 1. The quantitative estimate of drug-likeness (QED) is 0.691. The zero-order valence-corrected chi connectivity index (χ0v) is 15.3. The van der Waals surface area contributed by atoms with Gasteiger partial charge in [-0.2, -0.15) is 0 Å². The number of aromatic nitrogens is 1. The molecule has 2 aromatic rings. The van der Waals surface area contributed by atoms with Gasteiger partial charge in [0.2, 0.25) is 5.91 Å². The van der Waals surface area contributed by atoms with E-state index >= 15 is 0 Å². The average Bonchev–Trinajstić information content (AvgIpc) is 3.32. The molecule has 0 spiro atoms. The van der Waals surface area contributed by atoms with Gasteiger partial charge in [-0.3, -0.25) is 4.79 Å². The van der Waals surface area contributed by atoms with Crippen LogP contribution >= 0.6 is 22.9 Å². The zero-order valence-electron chi connectivity index (χ0n) is 13.7. The molecule has 1 aliphatic carbocycles. The maximum absolute atomic E-state index is 12.3. The molecule has 1 heterocycles. The van der Waals surface area contributed by atoms with Crippen molar-refractivity contribution in [2.75, 3.05) is 6.54 Å². The molecule has 3 rings (SSSR count). The zero-order chi connectivity index (χ0) is 16.9. The molecule has 128 valence electrons. The van der Waals surface area contributed by atoms with Crippen molar-refractivity contribution in [3.8, 4) is 5.75 Å². The van der Waals surface area contributed by atoms with E-state index in [1.54, 1.807) is 17.4 Å². The molecule has 0 radical (unpaired) electrons. The number of ether oxygens (including phenoxy) is 1. The Morgan fingerprint density at radius 2 is 2.29 bits per heavy atom. The first-order valence-electron chi connectivity index (χ1n) is 8.26. The fraction of sp³-hybridized carbons (Fsp3) is 0.444. The van der Waals surface area contributed by atoms with Crippen LogP contribution in [-0.4, -0.2) is 22.3 Å². The third-order valence-electron chi connectivity index (χ3n) is 3.84. The predicted molar refractivity (Wildman–Crippen MR) is 96.3 cm³/mol. The van der Waals surface area contributed by atoms with Crippen molar-refractivity contribution in [2.24, 2.45) is 5.92 Å². The molecule has 24 heavy (non-hydrogen) atoms. The van der Waals surface area contributed by atoms with Gasteiger partial charge >= 0.3 is 0 Å². The first kappa shape index (κ1) is 17.2. The molecule has 0 aliphatic heterocycles. The van der Waals surface area contributed by atoms with E-state index in [0.717, 1.165) is 42.3 Å². The van der Waals surface area contributed by atoms with Crippen LogP contribution in [0.4, 0.5) is 0 Å². The monoisotopic (exact) mass is 364 g/mol. The van der Waals surface area contributed by atoms with Gasteiger partial charge in [-0.1, -0.05) is 24.6 Å². The normalized spacial score (nSPS) is 13.8. The van der Waals surface area contributed by atoms with Crippen molar-refractivity contribution in [3.05, 3.63) is 45.4 Å². The van der Waals surface area contributed by atoms with Gasteiger partial charge < -0.3 is 9.64 Å². The summed E-state index contributed by atoms with van der Waals surface area (Å²) in [5, 5.41) is 3.57. The Morgan fingerprint density at radius 3 is 3.00 bits per heavy atom. The van der Waals surface area contributed by atoms with Gasteiger partial charge in [0, 0.05) is 22.9 Å². The molecule has 1 aromatic heterocycles. The van der Waals surface area contributed by atoms with E-state index in [0.29, 0.717) is 18.2 Å². The van der Waals surface area contributed by atoms with Gasteiger partial charge in [-0.05, 0) is 37.5 Å². The number of rotatable bonds is 8. The highest BCUT2D eigenvalue weighted by Gasteiger charge is 2.33. The summed E-state index contributed by atoms with van der Waals surface area (Å²) in [6.45, 7) is 3.89. The van der Waals surface area contributed by atoms with Crippen LogP contribution in [0.5, 0.6) is 5.75 Å². The van der Waals surface area contributed by atoms with Crippen LogP contribution in [0.3, 0.4) is 0 Å². The van der Waals surface area contributed by atoms with Crippen LogP contribution in [0.2, 0.25) is 5.02 Å². The van der Waals surface area contributed by atoms with Gasteiger partial charge in [-0.25, -0.2) is 4.98 Å². The smallest absolute Gasteiger partial charge is 0.226 e. The molecule has 0 unspecified atom stereocenters. The summed E-state index contributed by atoms with van der Waals surface area (Å²) in [5.74, 6) is 1.26. The average molecular weight is 365 g/mol. The third-order valence-corrected chi connectivity index (χ3v) is 4.95. The van der Waals surface area contributed by atoms with Crippen LogP contribution in [0.1, 0.15) is 36.9 Å². The Bertz CT molecular complexity index is 700. The molecule has 0 saturated heterocycles. The van der Waals surface area contributed by atoms with E-state index in [1.165, 1.54) is 0 Å². The van der Waals surface area contributed by atoms with Crippen molar-refractivity contribution >= 4 is 28.8 Å². The van der Waals surface area contributed by atoms with Gasteiger partial charge in [0.05, 0.1) is 12.2 Å². The highest BCUT2D eigenvalue weighted by molar-refractivity contribution is 7.09. The third kappa shape index (κ3) is 4.71. The number of carbonyl (C=O) groups excluding carboxylic acids is 1. The molecule has 1 fully saturated rings. The second kappa shape index (κ2) is 7.99. The lowest BCUT2D eigenvalue weighted by Gasteiger charge is -2.21. The number of hydrogen-bond acceptors (Lipinski definition) is 4. The Hall–Kier alpha value is -1.59.